The Morgan fingerprint density at radius 3 is 2.42 bits per heavy atom. The summed E-state index contributed by atoms with van der Waals surface area (Å²) >= 11 is 0. The molecule has 1 heterocycles. The molecule has 1 saturated heterocycles. The van der Waals surface area contributed by atoms with Crippen LogP contribution in [0.5, 0.6) is 0 Å². The molecule has 3 heteroatoms. The highest BCUT2D eigenvalue weighted by molar-refractivity contribution is 5.08. The summed E-state index contributed by atoms with van der Waals surface area (Å²) in [5, 5.41) is 3.88. The highest BCUT2D eigenvalue weighted by Gasteiger charge is 2.50. The van der Waals surface area contributed by atoms with Crippen LogP contribution in [0.4, 0.5) is 0 Å². The Balaban J connectivity index is 2.04. The second-order valence-electron chi connectivity index (χ2n) is 6.59. The van der Waals surface area contributed by atoms with E-state index in [1.54, 1.807) is 0 Å². The van der Waals surface area contributed by atoms with E-state index in [1.165, 1.54) is 32.2 Å². The normalized spacial score (nSPS) is 31.6. The van der Waals surface area contributed by atoms with E-state index < -0.39 is 0 Å². The minimum absolute atomic E-state index is 0.320. The zero-order valence-corrected chi connectivity index (χ0v) is 13.3. The fourth-order valence-corrected chi connectivity index (χ4v) is 3.57. The van der Waals surface area contributed by atoms with Gasteiger partial charge in [-0.25, -0.2) is 0 Å². The lowest BCUT2D eigenvalue weighted by molar-refractivity contribution is -0.0198. The highest BCUT2D eigenvalue weighted by atomic mass is 16.5. The van der Waals surface area contributed by atoms with Crippen LogP contribution in [-0.2, 0) is 4.74 Å². The van der Waals surface area contributed by atoms with Gasteiger partial charge in [0.25, 0.3) is 0 Å². The topological polar surface area (TPSA) is 24.5 Å². The first-order valence-electron chi connectivity index (χ1n) is 8.18. The number of nitrogens with zero attached hydrogens (tertiary/aromatic N) is 1. The molecule has 1 N–H and O–H groups in total. The maximum absolute atomic E-state index is 5.60. The molecule has 1 unspecified atom stereocenters. The van der Waals surface area contributed by atoms with E-state index in [4.69, 9.17) is 4.74 Å². The Kier molecular flexibility index (Phi) is 4.91. The number of rotatable bonds is 7. The molecule has 19 heavy (non-hydrogen) atoms. The molecule has 0 bridgehead atoms. The lowest BCUT2D eigenvalue weighted by Gasteiger charge is -2.53. The lowest BCUT2D eigenvalue weighted by atomic mass is 9.82. The molecule has 1 aliphatic heterocycles. The van der Waals surface area contributed by atoms with Crippen molar-refractivity contribution in [2.24, 2.45) is 5.92 Å². The molecule has 2 rings (SSSR count). The first-order chi connectivity index (χ1) is 9.10. The van der Waals surface area contributed by atoms with Gasteiger partial charge in [-0.2, -0.15) is 0 Å². The van der Waals surface area contributed by atoms with Crippen molar-refractivity contribution in [2.45, 2.75) is 64.5 Å². The Morgan fingerprint density at radius 1 is 1.21 bits per heavy atom. The van der Waals surface area contributed by atoms with E-state index in [9.17, 15) is 0 Å². The average molecular weight is 268 g/mol. The summed E-state index contributed by atoms with van der Waals surface area (Å²) in [5.41, 5.74) is 0.672. The van der Waals surface area contributed by atoms with Crippen LogP contribution in [0.15, 0.2) is 0 Å². The third-order valence-corrected chi connectivity index (χ3v) is 5.56. The van der Waals surface area contributed by atoms with E-state index in [2.05, 4.69) is 37.9 Å². The second-order valence-corrected chi connectivity index (χ2v) is 6.59. The van der Waals surface area contributed by atoms with Gasteiger partial charge in [-0.15, -0.1) is 0 Å². The zero-order valence-electron chi connectivity index (χ0n) is 13.3. The van der Waals surface area contributed by atoms with Gasteiger partial charge in [0.15, 0.2) is 0 Å². The van der Waals surface area contributed by atoms with Crippen LogP contribution in [0.1, 0.15) is 53.4 Å². The van der Waals surface area contributed by atoms with Gasteiger partial charge in [0.05, 0.1) is 6.61 Å². The van der Waals surface area contributed by atoms with Crippen LogP contribution in [0.2, 0.25) is 0 Å². The van der Waals surface area contributed by atoms with Crippen LogP contribution in [0.3, 0.4) is 0 Å². The summed E-state index contributed by atoms with van der Waals surface area (Å²) in [4.78, 5) is 2.73. The molecule has 3 nitrogen and oxygen atoms in total. The number of ether oxygens (including phenoxy) is 1. The van der Waals surface area contributed by atoms with E-state index in [0.29, 0.717) is 11.1 Å². The highest BCUT2D eigenvalue weighted by Crippen LogP contribution is 2.45. The van der Waals surface area contributed by atoms with Gasteiger partial charge in [0.2, 0.25) is 0 Å². The van der Waals surface area contributed by atoms with Gasteiger partial charge in [0.1, 0.15) is 0 Å². The van der Waals surface area contributed by atoms with E-state index in [1.807, 2.05) is 0 Å². The Labute approximate surface area is 119 Å². The van der Waals surface area contributed by atoms with Crippen molar-refractivity contribution in [1.29, 1.82) is 0 Å². The van der Waals surface area contributed by atoms with Crippen molar-refractivity contribution in [1.82, 2.24) is 10.2 Å². The molecule has 112 valence electrons. The van der Waals surface area contributed by atoms with E-state index in [-0.39, 0.29) is 0 Å². The van der Waals surface area contributed by atoms with Gasteiger partial charge >= 0.3 is 0 Å². The van der Waals surface area contributed by atoms with Crippen molar-refractivity contribution < 1.29 is 4.74 Å². The van der Waals surface area contributed by atoms with Crippen LogP contribution >= 0.6 is 0 Å². The molecule has 0 amide bonds. The number of piperazine rings is 1. The standard InChI is InChI=1S/C16H32N2O/c1-5-16(6-2)13-18(10-11-19-7-3)15(4,12-17-16)14-8-9-14/h14,17H,5-13H2,1-4H3. The first-order valence-corrected chi connectivity index (χ1v) is 8.18. The third-order valence-electron chi connectivity index (χ3n) is 5.56. The molecule has 2 fully saturated rings. The molecule has 0 aromatic heterocycles. The smallest absolute Gasteiger partial charge is 0.0593 e. The van der Waals surface area contributed by atoms with Crippen LogP contribution in [-0.4, -0.2) is 48.8 Å². The van der Waals surface area contributed by atoms with E-state index in [0.717, 1.165) is 32.2 Å². The van der Waals surface area contributed by atoms with Gasteiger partial charge in [-0.05, 0) is 45.4 Å². The summed E-state index contributed by atoms with van der Waals surface area (Å²) in [6.07, 6.45) is 5.26. The summed E-state index contributed by atoms with van der Waals surface area (Å²) < 4.78 is 5.60. The van der Waals surface area contributed by atoms with E-state index >= 15 is 0 Å². The van der Waals surface area contributed by atoms with Crippen molar-refractivity contribution in [3.05, 3.63) is 0 Å². The maximum Gasteiger partial charge on any atom is 0.0593 e. The number of hydrogen-bond acceptors (Lipinski definition) is 3. The molecular formula is C16H32N2O. The predicted octanol–water partition coefficient (Wildman–Crippen LogP) is 2.66. The molecule has 1 atom stereocenters. The lowest BCUT2D eigenvalue weighted by Crippen LogP contribution is -2.70. The van der Waals surface area contributed by atoms with Crippen LogP contribution in [0.25, 0.3) is 0 Å². The molecule has 0 aromatic carbocycles. The monoisotopic (exact) mass is 268 g/mol. The van der Waals surface area contributed by atoms with Crippen molar-refractivity contribution in [3.63, 3.8) is 0 Å². The quantitative estimate of drug-likeness (QED) is 0.718. The summed E-state index contributed by atoms with van der Waals surface area (Å²) in [7, 11) is 0. The predicted molar refractivity (Wildman–Crippen MR) is 80.5 cm³/mol. The molecule has 0 radical (unpaired) electrons. The van der Waals surface area contributed by atoms with Crippen LogP contribution in [0, 0.1) is 5.92 Å². The summed E-state index contributed by atoms with van der Waals surface area (Å²) in [6.45, 7) is 14.3. The van der Waals surface area contributed by atoms with Crippen molar-refractivity contribution in [2.75, 3.05) is 32.8 Å². The van der Waals surface area contributed by atoms with Gasteiger partial charge in [-0.1, -0.05) is 13.8 Å². The minimum Gasteiger partial charge on any atom is -0.380 e. The minimum atomic E-state index is 0.320. The molecule has 1 saturated carbocycles. The average Bonchev–Trinajstić information content (AvgIpc) is 3.26. The summed E-state index contributed by atoms with van der Waals surface area (Å²) in [5.74, 6) is 0.897. The Bertz CT molecular complexity index is 286. The molecule has 2 aliphatic rings. The Hall–Kier alpha value is -0.120. The molecule has 0 aromatic rings. The van der Waals surface area contributed by atoms with Crippen molar-refractivity contribution >= 4 is 0 Å². The maximum atomic E-state index is 5.60. The second kappa shape index (κ2) is 6.11. The zero-order chi connectivity index (χ0) is 13.9. The first kappa shape index (κ1) is 15.3. The van der Waals surface area contributed by atoms with Crippen molar-refractivity contribution in [3.8, 4) is 0 Å². The Morgan fingerprint density at radius 2 is 1.89 bits per heavy atom. The van der Waals surface area contributed by atoms with Crippen LogP contribution < -0.4 is 5.32 Å². The van der Waals surface area contributed by atoms with Gasteiger partial charge in [-0.3, -0.25) is 4.90 Å². The molecule has 1 aliphatic carbocycles. The SMILES string of the molecule is CCOCCN1CC(CC)(CC)NCC1(C)C1CC1. The van der Waals surface area contributed by atoms with Gasteiger partial charge < -0.3 is 10.1 Å². The third kappa shape index (κ3) is 3.14. The summed E-state index contributed by atoms with van der Waals surface area (Å²) in [6, 6.07) is 0. The molecular weight excluding hydrogens is 236 g/mol. The fourth-order valence-electron chi connectivity index (χ4n) is 3.57. The molecule has 0 spiro atoms. The van der Waals surface area contributed by atoms with Gasteiger partial charge in [0, 0.05) is 37.3 Å². The number of nitrogens with one attached hydrogen (secondary N) is 1. The number of hydrogen-bond donors (Lipinski definition) is 1. The largest absolute Gasteiger partial charge is 0.380 e. The fraction of sp³-hybridized carbons (Fsp3) is 1.00.